The predicted octanol–water partition coefficient (Wildman–Crippen LogP) is 2.55. The molecule has 4 heteroatoms. The second-order valence-electron chi connectivity index (χ2n) is 5.29. The molecule has 1 saturated carbocycles. The van der Waals surface area contributed by atoms with Crippen LogP contribution in [0.3, 0.4) is 0 Å². The summed E-state index contributed by atoms with van der Waals surface area (Å²) in [5.41, 5.74) is 7.57. The van der Waals surface area contributed by atoms with Crippen molar-refractivity contribution in [3.05, 3.63) is 30.0 Å². The summed E-state index contributed by atoms with van der Waals surface area (Å²) in [5.74, 6) is 1.05. The summed E-state index contributed by atoms with van der Waals surface area (Å²) in [5, 5.41) is 1.06. The molecule has 1 amide bonds. The number of nitrogens with two attached hydrogens (primary N) is 1. The number of rotatable bonds is 5. The zero-order valence-corrected chi connectivity index (χ0v) is 11.0. The quantitative estimate of drug-likeness (QED) is 0.865. The lowest BCUT2D eigenvalue weighted by atomic mass is 9.92. The van der Waals surface area contributed by atoms with Crippen molar-refractivity contribution >= 4 is 16.8 Å². The molecule has 1 aromatic carbocycles. The van der Waals surface area contributed by atoms with E-state index < -0.39 is 0 Å². The molecule has 1 aliphatic rings. The highest BCUT2D eigenvalue weighted by Crippen LogP contribution is 2.40. The van der Waals surface area contributed by atoms with Gasteiger partial charge >= 0.3 is 0 Å². The second kappa shape index (κ2) is 4.61. The molecule has 0 spiro atoms. The molecule has 0 bridgehead atoms. The number of aromatic amines is 1. The summed E-state index contributed by atoms with van der Waals surface area (Å²) in [7, 11) is 1.64. The molecule has 1 unspecified atom stereocenters. The van der Waals surface area contributed by atoms with E-state index in [2.05, 4.69) is 4.98 Å². The maximum Gasteiger partial charge on any atom is 0.225 e. The fourth-order valence-electron chi connectivity index (χ4n) is 2.63. The first-order valence-corrected chi connectivity index (χ1v) is 6.63. The molecule has 1 fully saturated rings. The molecule has 3 rings (SSSR count). The van der Waals surface area contributed by atoms with E-state index in [1.165, 1.54) is 12.8 Å². The number of amides is 1. The minimum absolute atomic E-state index is 0.186. The molecule has 3 N–H and O–H groups in total. The highest BCUT2D eigenvalue weighted by Gasteiger charge is 2.30. The Labute approximate surface area is 111 Å². The average Bonchev–Trinajstić information content (AvgIpc) is 3.14. The Kier molecular flexibility index (Phi) is 2.93. The SMILES string of the molecule is COc1ccc2c(C(CC3CC3)C(N)=O)c[nH]c2c1. The Morgan fingerprint density at radius 3 is 2.95 bits per heavy atom. The van der Waals surface area contributed by atoms with Crippen LogP contribution in [-0.4, -0.2) is 18.0 Å². The predicted molar refractivity (Wildman–Crippen MR) is 74.1 cm³/mol. The van der Waals surface area contributed by atoms with E-state index in [-0.39, 0.29) is 11.8 Å². The van der Waals surface area contributed by atoms with Gasteiger partial charge in [0.05, 0.1) is 13.0 Å². The third-order valence-electron chi connectivity index (χ3n) is 3.91. The van der Waals surface area contributed by atoms with Crippen LogP contribution in [0.1, 0.15) is 30.7 Å². The van der Waals surface area contributed by atoms with Crippen LogP contribution >= 0.6 is 0 Å². The van der Waals surface area contributed by atoms with E-state index in [4.69, 9.17) is 10.5 Å². The van der Waals surface area contributed by atoms with Crippen LogP contribution in [0.15, 0.2) is 24.4 Å². The highest BCUT2D eigenvalue weighted by atomic mass is 16.5. The molecule has 2 aromatic rings. The van der Waals surface area contributed by atoms with Gasteiger partial charge in [-0.3, -0.25) is 4.79 Å². The number of primary amides is 1. The number of carbonyl (C=O) groups excluding carboxylic acids is 1. The summed E-state index contributed by atoms with van der Waals surface area (Å²) in [4.78, 5) is 14.9. The van der Waals surface area contributed by atoms with E-state index >= 15 is 0 Å². The maximum absolute atomic E-state index is 11.7. The molecule has 0 saturated heterocycles. The zero-order chi connectivity index (χ0) is 13.4. The van der Waals surface area contributed by atoms with Crippen LogP contribution in [0.25, 0.3) is 10.9 Å². The van der Waals surface area contributed by atoms with Gasteiger partial charge in [-0.15, -0.1) is 0 Å². The molecular weight excluding hydrogens is 240 g/mol. The lowest BCUT2D eigenvalue weighted by molar-refractivity contribution is -0.119. The molecule has 19 heavy (non-hydrogen) atoms. The van der Waals surface area contributed by atoms with Crippen LogP contribution < -0.4 is 10.5 Å². The Morgan fingerprint density at radius 1 is 1.53 bits per heavy atom. The molecule has 1 atom stereocenters. The van der Waals surface area contributed by atoms with Crippen molar-refractivity contribution in [2.24, 2.45) is 11.7 Å². The normalized spacial score (nSPS) is 16.5. The monoisotopic (exact) mass is 258 g/mol. The third-order valence-corrected chi connectivity index (χ3v) is 3.91. The molecule has 1 aromatic heterocycles. The molecule has 4 nitrogen and oxygen atoms in total. The molecule has 100 valence electrons. The summed E-state index contributed by atoms with van der Waals surface area (Å²) < 4.78 is 5.20. The van der Waals surface area contributed by atoms with Gasteiger partial charge in [-0.05, 0) is 30.0 Å². The van der Waals surface area contributed by atoms with Gasteiger partial charge < -0.3 is 15.5 Å². The van der Waals surface area contributed by atoms with E-state index in [0.29, 0.717) is 5.92 Å². The van der Waals surface area contributed by atoms with E-state index in [1.54, 1.807) is 7.11 Å². The number of fused-ring (bicyclic) bond motifs is 1. The largest absolute Gasteiger partial charge is 0.497 e. The first-order chi connectivity index (χ1) is 9.19. The van der Waals surface area contributed by atoms with E-state index in [9.17, 15) is 4.79 Å². The van der Waals surface area contributed by atoms with Gasteiger partial charge in [0.15, 0.2) is 0 Å². The smallest absolute Gasteiger partial charge is 0.225 e. The lowest BCUT2D eigenvalue weighted by Gasteiger charge is -2.12. The second-order valence-corrected chi connectivity index (χ2v) is 5.29. The summed E-state index contributed by atoms with van der Waals surface area (Å²) >= 11 is 0. The lowest BCUT2D eigenvalue weighted by Crippen LogP contribution is -2.21. The van der Waals surface area contributed by atoms with Gasteiger partial charge in [-0.1, -0.05) is 12.8 Å². The molecule has 0 radical (unpaired) electrons. The van der Waals surface area contributed by atoms with E-state index in [0.717, 1.165) is 28.6 Å². The topological polar surface area (TPSA) is 68.1 Å². The number of H-pyrrole nitrogens is 1. The minimum Gasteiger partial charge on any atom is -0.497 e. The van der Waals surface area contributed by atoms with Crippen molar-refractivity contribution in [2.45, 2.75) is 25.2 Å². The maximum atomic E-state index is 11.7. The average molecular weight is 258 g/mol. The Bertz CT molecular complexity index is 614. The number of aromatic nitrogens is 1. The van der Waals surface area contributed by atoms with Crippen molar-refractivity contribution in [1.82, 2.24) is 4.98 Å². The number of carbonyl (C=O) groups is 1. The summed E-state index contributed by atoms with van der Waals surface area (Å²) in [6.07, 6.45) is 5.22. The zero-order valence-electron chi connectivity index (χ0n) is 11.0. The van der Waals surface area contributed by atoms with Crippen molar-refractivity contribution in [3.63, 3.8) is 0 Å². The van der Waals surface area contributed by atoms with Crippen molar-refractivity contribution in [1.29, 1.82) is 0 Å². The fourth-order valence-corrected chi connectivity index (χ4v) is 2.63. The van der Waals surface area contributed by atoms with Crippen LogP contribution in [-0.2, 0) is 4.79 Å². The van der Waals surface area contributed by atoms with Crippen LogP contribution in [0.4, 0.5) is 0 Å². The Morgan fingerprint density at radius 2 is 2.32 bits per heavy atom. The van der Waals surface area contributed by atoms with Crippen LogP contribution in [0, 0.1) is 5.92 Å². The van der Waals surface area contributed by atoms with Crippen LogP contribution in [0.5, 0.6) is 5.75 Å². The molecule has 1 heterocycles. The summed E-state index contributed by atoms with van der Waals surface area (Å²) in [6.45, 7) is 0. The molecular formula is C15H18N2O2. The van der Waals surface area contributed by atoms with Gasteiger partial charge in [-0.25, -0.2) is 0 Å². The van der Waals surface area contributed by atoms with Gasteiger partial charge in [0.2, 0.25) is 5.91 Å². The number of ether oxygens (including phenoxy) is 1. The van der Waals surface area contributed by atoms with Gasteiger partial charge in [-0.2, -0.15) is 0 Å². The van der Waals surface area contributed by atoms with E-state index in [1.807, 2.05) is 24.4 Å². The van der Waals surface area contributed by atoms with Gasteiger partial charge in [0.1, 0.15) is 5.75 Å². The number of hydrogen-bond acceptors (Lipinski definition) is 2. The van der Waals surface area contributed by atoms with Gasteiger partial charge in [0.25, 0.3) is 0 Å². The van der Waals surface area contributed by atoms with Crippen LogP contribution in [0.2, 0.25) is 0 Å². The number of methoxy groups -OCH3 is 1. The number of nitrogens with one attached hydrogen (secondary N) is 1. The first-order valence-electron chi connectivity index (χ1n) is 6.63. The minimum atomic E-state index is -0.233. The Hall–Kier alpha value is -1.97. The van der Waals surface area contributed by atoms with Gasteiger partial charge in [0, 0.05) is 23.2 Å². The number of hydrogen-bond donors (Lipinski definition) is 2. The standard InChI is InChI=1S/C15H18N2O2/c1-19-10-4-5-11-13(8-17-14(11)7-10)12(15(16)18)6-9-2-3-9/h4-5,7-9,12,17H,2-3,6H2,1H3,(H2,16,18). The first kappa shape index (κ1) is 12.1. The highest BCUT2D eigenvalue weighted by molar-refractivity contribution is 5.91. The van der Waals surface area contributed by atoms with Crippen molar-refractivity contribution < 1.29 is 9.53 Å². The molecule has 1 aliphatic carbocycles. The fraction of sp³-hybridized carbons (Fsp3) is 0.400. The Balaban J connectivity index is 1.99. The third kappa shape index (κ3) is 2.30. The summed E-state index contributed by atoms with van der Waals surface area (Å²) in [6, 6.07) is 5.84. The van der Waals surface area contributed by atoms with Crippen molar-refractivity contribution in [3.8, 4) is 5.75 Å². The molecule has 0 aliphatic heterocycles. The van der Waals surface area contributed by atoms with Crippen molar-refractivity contribution in [2.75, 3.05) is 7.11 Å². The number of benzene rings is 1.